The van der Waals surface area contributed by atoms with E-state index in [9.17, 15) is 0 Å². The Balaban J connectivity index is 1.65. The van der Waals surface area contributed by atoms with Crippen molar-refractivity contribution in [2.75, 3.05) is 52.2 Å². The molecule has 0 atom stereocenters. The minimum absolute atomic E-state index is 0.676. The summed E-state index contributed by atoms with van der Waals surface area (Å²) in [6.45, 7) is 5.49. The van der Waals surface area contributed by atoms with E-state index < -0.39 is 0 Å². The molecule has 0 aliphatic carbocycles. The molecule has 1 aliphatic heterocycles. The fraction of sp³-hybridized carbons (Fsp3) is 0.429. The molecule has 150 valence electrons. The Morgan fingerprint density at radius 2 is 1.86 bits per heavy atom. The highest BCUT2D eigenvalue weighted by atomic mass is 35.5. The van der Waals surface area contributed by atoms with E-state index in [-0.39, 0.29) is 0 Å². The van der Waals surface area contributed by atoms with Crippen molar-refractivity contribution in [2.45, 2.75) is 13.1 Å². The van der Waals surface area contributed by atoms with Crippen LogP contribution in [0.5, 0.6) is 0 Å². The first kappa shape index (κ1) is 20.4. The molecule has 0 radical (unpaired) electrons. The first-order valence-corrected chi connectivity index (χ1v) is 9.99. The van der Waals surface area contributed by atoms with Gasteiger partial charge in [-0.05, 0) is 24.7 Å². The first-order valence-electron chi connectivity index (χ1n) is 9.61. The van der Waals surface area contributed by atoms with Crippen LogP contribution in [0.1, 0.15) is 11.1 Å². The van der Waals surface area contributed by atoms with Crippen LogP contribution in [0.2, 0.25) is 5.02 Å². The second-order valence-electron chi connectivity index (χ2n) is 7.12. The number of piperazine rings is 1. The van der Waals surface area contributed by atoms with Crippen LogP contribution in [-0.4, -0.2) is 68.1 Å². The summed E-state index contributed by atoms with van der Waals surface area (Å²) in [4.78, 5) is 15.9. The van der Waals surface area contributed by atoms with Gasteiger partial charge in [0.1, 0.15) is 5.82 Å². The molecular formula is C21H29ClN6. The Hall–Kier alpha value is -2.31. The molecule has 0 saturated carbocycles. The van der Waals surface area contributed by atoms with Gasteiger partial charge in [0.25, 0.3) is 0 Å². The van der Waals surface area contributed by atoms with E-state index >= 15 is 0 Å². The zero-order valence-corrected chi connectivity index (χ0v) is 17.7. The largest absolute Gasteiger partial charge is 0.354 e. The van der Waals surface area contributed by atoms with Crippen molar-refractivity contribution in [3.63, 3.8) is 0 Å². The van der Waals surface area contributed by atoms with Crippen LogP contribution in [0.3, 0.4) is 0 Å². The van der Waals surface area contributed by atoms with Crippen molar-refractivity contribution in [1.29, 1.82) is 0 Å². The predicted octanol–water partition coefficient (Wildman–Crippen LogP) is 2.69. The number of aliphatic imine (C=N–C) groups is 1. The number of hydrogen-bond donors (Lipinski definition) is 1. The summed E-state index contributed by atoms with van der Waals surface area (Å²) < 4.78 is 0. The summed E-state index contributed by atoms with van der Waals surface area (Å²) in [6, 6.07) is 12.0. The van der Waals surface area contributed by atoms with Crippen molar-refractivity contribution >= 4 is 23.4 Å². The maximum Gasteiger partial charge on any atom is 0.193 e. The van der Waals surface area contributed by atoms with Gasteiger partial charge >= 0.3 is 0 Å². The third kappa shape index (κ3) is 5.14. The molecule has 0 bridgehead atoms. The van der Waals surface area contributed by atoms with Gasteiger partial charge in [0, 0.05) is 70.1 Å². The van der Waals surface area contributed by atoms with Crippen molar-refractivity contribution in [3.8, 4) is 0 Å². The number of guanidine groups is 1. The lowest BCUT2D eigenvalue weighted by Crippen LogP contribution is -2.45. The topological polar surface area (TPSA) is 47.0 Å². The summed E-state index contributed by atoms with van der Waals surface area (Å²) in [5.41, 5.74) is 2.26. The highest BCUT2D eigenvalue weighted by Crippen LogP contribution is 2.19. The zero-order chi connectivity index (χ0) is 19.9. The molecule has 28 heavy (non-hydrogen) atoms. The summed E-state index contributed by atoms with van der Waals surface area (Å²) in [5, 5.41) is 4.24. The summed E-state index contributed by atoms with van der Waals surface area (Å²) in [7, 11) is 5.98. The van der Waals surface area contributed by atoms with Crippen LogP contribution in [0.4, 0.5) is 5.82 Å². The van der Waals surface area contributed by atoms with E-state index in [1.54, 1.807) is 7.05 Å². The Morgan fingerprint density at radius 1 is 1.14 bits per heavy atom. The van der Waals surface area contributed by atoms with Crippen LogP contribution < -0.4 is 10.2 Å². The van der Waals surface area contributed by atoms with Gasteiger partial charge in [-0.3, -0.25) is 4.99 Å². The lowest BCUT2D eigenvalue weighted by atomic mass is 10.2. The molecule has 1 aliphatic rings. The summed E-state index contributed by atoms with van der Waals surface area (Å²) in [5.74, 6) is 1.89. The van der Waals surface area contributed by atoms with E-state index in [0.29, 0.717) is 13.1 Å². The number of pyridine rings is 1. The highest BCUT2D eigenvalue weighted by molar-refractivity contribution is 6.31. The average Bonchev–Trinajstić information content (AvgIpc) is 2.71. The smallest absolute Gasteiger partial charge is 0.193 e. The third-order valence-electron chi connectivity index (χ3n) is 5.05. The minimum Gasteiger partial charge on any atom is -0.354 e. The summed E-state index contributed by atoms with van der Waals surface area (Å²) in [6.07, 6.45) is 1.87. The lowest BCUT2D eigenvalue weighted by molar-refractivity contribution is 0.311. The van der Waals surface area contributed by atoms with Gasteiger partial charge in [0.05, 0.1) is 0 Å². The molecule has 6 nitrogen and oxygen atoms in total. The van der Waals surface area contributed by atoms with Crippen LogP contribution in [0.15, 0.2) is 47.6 Å². The van der Waals surface area contributed by atoms with Crippen LogP contribution in [0.25, 0.3) is 0 Å². The van der Waals surface area contributed by atoms with E-state index in [0.717, 1.165) is 48.5 Å². The second kappa shape index (κ2) is 9.75. The molecule has 3 rings (SSSR count). The second-order valence-corrected chi connectivity index (χ2v) is 7.53. The van der Waals surface area contributed by atoms with Gasteiger partial charge < -0.3 is 20.0 Å². The Morgan fingerprint density at radius 3 is 2.57 bits per heavy atom. The molecule has 0 spiro atoms. The average molecular weight is 401 g/mol. The lowest BCUT2D eigenvalue weighted by Gasteiger charge is -2.34. The van der Waals surface area contributed by atoms with Crippen molar-refractivity contribution < 1.29 is 0 Å². The van der Waals surface area contributed by atoms with Crippen molar-refractivity contribution in [2.24, 2.45) is 4.99 Å². The van der Waals surface area contributed by atoms with Crippen molar-refractivity contribution in [3.05, 3.63) is 58.7 Å². The molecular weight excluding hydrogens is 372 g/mol. The summed E-state index contributed by atoms with van der Waals surface area (Å²) >= 11 is 6.30. The minimum atomic E-state index is 0.676. The molecule has 2 heterocycles. The van der Waals surface area contributed by atoms with Gasteiger partial charge in [-0.2, -0.15) is 0 Å². The molecule has 0 unspecified atom stereocenters. The molecule has 1 fully saturated rings. The van der Waals surface area contributed by atoms with Crippen LogP contribution in [0, 0.1) is 0 Å². The number of hydrogen-bond acceptors (Lipinski definition) is 4. The first-order chi connectivity index (χ1) is 13.6. The van der Waals surface area contributed by atoms with E-state index in [1.165, 1.54) is 5.56 Å². The fourth-order valence-corrected chi connectivity index (χ4v) is 3.58. The monoisotopic (exact) mass is 400 g/mol. The number of halogens is 1. The standard InChI is InChI=1S/C21H29ClN6/c1-23-21(27(3)16-18-7-4-5-9-19(18)22)25-15-17-8-6-10-24-20(17)28-13-11-26(2)12-14-28/h4-10H,11-16H2,1-3H3,(H,23,25). The molecule has 1 aromatic heterocycles. The maximum atomic E-state index is 6.30. The molecule has 1 aromatic carbocycles. The van der Waals surface area contributed by atoms with Crippen LogP contribution in [-0.2, 0) is 13.1 Å². The van der Waals surface area contributed by atoms with Crippen molar-refractivity contribution in [1.82, 2.24) is 20.1 Å². The number of benzene rings is 1. The van der Waals surface area contributed by atoms with Gasteiger partial charge in [-0.25, -0.2) is 4.98 Å². The van der Waals surface area contributed by atoms with Gasteiger partial charge in [-0.1, -0.05) is 35.9 Å². The zero-order valence-electron chi connectivity index (χ0n) is 16.9. The van der Waals surface area contributed by atoms with Gasteiger partial charge in [0.2, 0.25) is 0 Å². The van der Waals surface area contributed by atoms with Gasteiger partial charge in [0.15, 0.2) is 5.96 Å². The number of anilines is 1. The van der Waals surface area contributed by atoms with E-state index in [2.05, 4.69) is 43.1 Å². The van der Waals surface area contributed by atoms with Gasteiger partial charge in [-0.15, -0.1) is 0 Å². The SMILES string of the molecule is CN=C(NCc1cccnc1N1CCN(C)CC1)N(C)Cc1ccccc1Cl. The van der Waals surface area contributed by atoms with Crippen LogP contribution >= 0.6 is 11.6 Å². The molecule has 1 N–H and O–H groups in total. The maximum absolute atomic E-state index is 6.30. The number of likely N-dealkylation sites (N-methyl/N-ethyl adjacent to an activating group) is 1. The van der Waals surface area contributed by atoms with E-state index in [1.807, 2.05) is 43.6 Å². The Labute approximate surface area is 172 Å². The molecule has 2 aromatic rings. The normalized spacial score (nSPS) is 15.6. The Kier molecular flexibility index (Phi) is 7.12. The third-order valence-corrected chi connectivity index (χ3v) is 5.41. The highest BCUT2D eigenvalue weighted by Gasteiger charge is 2.18. The number of nitrogens with zero attached hydrogens (tertiary/aromatic N) is 5. The number of nitrogens with one attached hydrogen (secondary N) is 1. The molecule has 1 saturated heterocycles. The number of rotatable bonds is 5. The molecule has 7 heteroatoms. The number of aromatic nitrogens is 1. The fourth-order valence-electron chi connectivity index (χ4n) is 3.39. The Bertz CT molecular complexity index is 801. The predicted molar refractivity (Wildman–Crippen MR) is 117 cm³/mol. The molecule has 0 amide bonds. The van der Waals surface area contributed by atoms with E-state index in [4.69, 9.17) is 11.6 Å². The quantitative estimate of drug-likeness (QED) is 0.617.